The van der Waals surface area contributed by atoms with Gasteiger partial charge in [0.15, 0.2) is 0 Å². The van der Waals surface area contributed by atoms with Crippen LogP contribution < -0.4 is 0 Å². The molecule has 0 amide bonds. The molecule has 0 aromatic carbocycles. The molecule has 64 valence electrons. The van der Waals surface area contributed by atoms with Gasteiger partial charge in [0, 0.05) is 13.1 Å². The molecule has 1 rings (SSSR count). The average Bonchev–Trinajstić information content (AvgIpc) is 2.06. The standard InChI is InChI=1S/C8H15NO2/c1-8(10-2)11-9-6-4-3-5-7-9/h1,3-7H2,2H3. The molecule has 0 aromatic rings. The van der Waals surface area contributed by atoms with E-state index in [1.54, 1.807) is 7.11 Å². The quantitative estimate of drug-likeness (QED) is 0.580. The topological polar surface area (TPSA) is 21.7 Å². The summed E-state index contributed by atoms with van der Waals surface area (Å²) in [5.41, 5.74) is 0. The van der Waals surface area contributed by atoms with Crippen LogP contribution in [0.1, 0.15) is 19.3 Å². The van der Waals surface area contributed by atoms with Crippen molar-refractivity contribution in [2.24, 2.45) is 0 Å². The fourth-order valence-electron chi connectivity index (χ4n) is 1.14. The van der Waals surface area contributed by atoms with Crippen LogP contribution in [0.3, 0.4) is 0 Å². The second-order valence-electron chi connectivity index (χ2n) is 2.66. The maximum atomic E-state index is 5.26. The highest BCUT2D eigenvalue weighted by atomic mass is 16.8. The van der Waals surface area contributed by atoms with Crippen molar-refractivity contribution in [2.75, 3.05) is 20.2 Å². The molecule has 0 radical (unpaired) electrons. The van der Waals surface area contributed by atoms with Crippen LogP contribution in [0.5, 0.6) is 0 Å². The molecule has 0 saturated carbocycles. The van der Waals surface area contributed by atoms with Crippen LogP contribution in [0.15, 0.2) is 12.5 Å². The van der Waals surface area contributed by atoms with Crippen molar-refractivity contribution in [2.45, 2.75) is 19.3 Å². The van der Waals surface area contributed by atoms with E-state index in [0.29, 0.717) is 5.95 Å². The fraction of sp³-hybridized carbons (Fsp3) is 0.750. The molecule has 0 aromatic heterocycles. The highest BCUT2D eigenvalue weighted by Gasteiger charge is 2.11. The fourth-order valence-corrected chi connectivity index (χ4v) is 1.14. The van der Waals surface area contributed by atoms with Gasteiger partial charge in [0.05, 0.1) is 7.11 Å². The van der Waals surface area contributed by atoms with Crippen LogP contribution >= 0.6 is 0 Å². The Hall–Kier alpha value is -0.700. The van der Waals surface area contributed by atoms with Crippen LogP contribution in [-0.2, 0) is 9.57 Å². The van der Waals surface area contributed by atoms with Gasteiger partial charge in [-0.25, -0.2) is 0 Å². The Kier molecular flexibility index (Phi) is 3.23. The molecule has 1 fully saturated rings. The van der Waals surface area contributed by atoms with Crippen molar-refractivity contribution in [3.8, 4) is 0 Å². The number of rotatable bonds is 3. The van der Waals surface area contributed by atoms with E-state index < -0.39 is 0 Å². The van der Waals surface area contributed by atoms with Crippen molar-refractivity contribution >= 4 is 0 Å². The molecule has 1 saturated heterocycles. The first-order valence-corrected chi connectivity index (χ1v) is 3.99. The summed E-state index contributed by atoms with van der Waals surface area (Å²) in [7, 11) is 1.56. The zero-order valence-electron chi connectivity index (χ0n) is 7.01. The monoisotopic (exact) mass is 157 g/mol. The maximum Gasteiger partial charge on any atom is 0.292 e. The molecule has 3 nitrogen and oxygen atoms in total. The minimum atomic E-state index is 0.381. The van der Waals surface area contributed by atoms with Crippen molar-refractivity contribution < 1.29 is 9.57 Å². The first-order valence-electron chi connectivity index (χ1n) is 3.99. The second-order valence-corrected chi connectivity index (χ2v) is 2.66. The zero-order valence-corrected chi connectivity index (χ0v) is 7.01. The van der Waals surface area contributed by atoms with Gasteiger partial charge in [-0.3, -0.25) is 0 Å². The number of hydroxylamine groups is 2. The minimum Gasteiger partial charge on any atom is -0.468 e. The first-order chi connectivity index (χ1) is 5.33. The number of hydrogen-bond acceptors (Lipinski definition) is 3. The number of methoxy groups -OCH3 is 1. The predicted molar refractivity (Wildman–Crippen MR) is 42.7 cm³/mol. The Labute approximate surface area is 67.5 Å². The highest BCUT2D eigenvalue weighted by molar-refractivity contribution is 4.67. The van der Waals surface area contributed by atoms with Crippen molar-refractivity contribution in [3.05, 3.63) is 12.5 Å². The number of ether oxygens (including phenoxy) is 1. The molecular formula is C8H15NO2. The van der Waals surface area contributed by atoms with Crippen molar-refractivity contribution in [1.82, 2.24) is 5.06 Å². The van der Waals surface area contributed by atoms with Crippen LogP contribution in [-0.4, -0.2) is 25.3 Å². The van der Waals surface area contributed by atoms with E-state index in [4.69, 9.17) is 9.57 Å². The summed E-state index contributed by atoms with van der Waals surface area (Å²) in [5.74, 6) is 0.381. The van der Waals surface area contributed by atoms with Gasteiger partial charge in [0.25, 0.3) is 5.95 Å². The Bertz CT molecular complexity index is 130. The average molecular weight is 157 g/mol. The third kappa shape index (κ3) is 2.80. The summed E-state index contributed by atoms with van der Waals surface area (Å²) in [6.45, 7) is 5.56. The van der Waals surface area contributed by atoms with Gasteiger partial charge in [-0.2, -0.15) is 0 Å². The lowest BCUT2D eigenvalue weighted by atomic mass is 10.2. The third-order valence-electron chi connectivity index (χ3n) is 1.77. The zero-order chi connectivity index (χ0) is 8.10. The smallest absolute Gasteiger partial charge is 0.292 e. The summed E-state index contributed by atoms with van der Waals surface area (Å²) in [5, 5.41) is 1.90. The lowest BCUT2D eigenvalue weighted by Crippen LogP contribution is -2.29. The highest BCUT2D eigenvalue weighted by Crippen LogP contribution is 2.11. The minimum absolute atomic E-state index is 0.381. The van der Waals surface area contributed by atoms with Gasteiger partial charge in [0.2, 0.25) is 0 Å². The molecule has 0 unspecified atom stereocenters. The van der Waals surface area contributed by atoms with Crippen LogP contribution in [0.25, 0.3) is 0 Å². The van der Waals surface area contributed by atoms with Crippen molar-refractivity contribution in [1.29, 1.82) is 0 Å². The molecule has 0 spiro atoms. The van der Waals surface area contributed by atoms with Crippen LogP contribution in [0.4, 0.5) is 0 Å². The van der Waals surface area contributed by atoms with E-state index in [1.807, 2.05) is 5.06 Å². The summed E-state index contributed by atoms with van der Waals surface area (Å²) in [6, 6.07) is 0. The molecule has 0 N–H and O–H groups in total. The Morgan fingerprint density at radius 3 is 2.45 bits per heavy atom. The molecule has 0 aliphatic carbocycles. The van der Waals surface area contributed by atoms with E-state index in [1.165, 1.54) is 19.3 Å². The first kappa shape index (κ1) is 8.40. The Morgan fingerprint density at radius 2 is 1.91 bits per heavy atom. The van der Waals surface area contributed by atoms with Gasteiger partial charge < -0.3 is 9.57 Å². The lowest BCUT2D eigenvalue weighted by molar-refractivity contribution is -0.170. The van der Waals surface area contributed by atoms with E-state index >= 15 is 0 Å². The van der Waals surface area contributed by atoms with Gasteiger partial charge in [-0.1, -0.05) is 6.42 Å². The van der Waals surface area contributed by atoms with Crippen molar-refractivity contribution in [3.63, 3.8) is 0 Å². The summed E-state index contributed by atoms with van der Waals surface area (Å²) >= 11 is 0. The lowest BCUT2D eigenvalue weighted by Gasteiger charge is -2.25. The maximum absolute atomic E-state index is 5.26. The molecule has 1 heterocycles. The SMILES string of the molecule is C=C(OC)ON1CCCCC1. The molecule has 1 aliphatic rings. The van der Waals surface area contributed by atoms with E-state index in [2.05, 4.69) is 6.58 Å². The molecular weight excluding hydrogens is 142 g/mol. The molecule has 0 bridgehead atoms. The van der Waals surface area contributed by atoms with Gasteiger partial charge in [-0.15, -0.1) is 5.06 Å². The number of hydrogen-bond donors (Lipinski definition) is 0. The summed E-state index contributed by atoms with van der Waals surface area (Å²) in [6.07, 6.45) is 3.72. The van der Waals surface area contributed by atoms with Gasteiger partial charge in [0.1, 0.15) is 0 Å². The summed E-state index contributed by atoms with van der Waals surface area (Å²) < 4.78 is 4.79. The molecule has 1 aliphatic heterocycles. The van der Waals surface area contributed by atoms with E-state index in [9.17, 15) is 0 Å². The molecule has 11 heavy (non-hydrogen) atoms. The van der Waals surface area contributed by atoms with Gasteiger partial charge in [-0.05, 0) is 19.4 Å². The largest absolute Gasteiger partial charge is 0.468 e. The Morgan fingerprint density at radius 1 is 1.27 bits per heavy atom. The molecule has 0 atom stereocenters. The third-order valence-corrected chi connectivity index (χ3v) is 1.77. The van der Waals surface area contributed by atoms with E-state index in [0.717, 1.165) is 13.1 Å². The number of nitrogens with zero attached hydrogens (tertiary/aromatic N) is 1. The summed E-state index contributed by atoms with van der Waals surface area (Å²) in [4.78, 5) is 5.26. The van der Waals surface area contributed by atoms with Crippen LogP contribution in [0, 0.1) is 0 Å². The normalized spacial score (nSPS) is 19.4. The predicted octanol–water partition coefficient (Wildman–Crippen LogP) is 1.52. The van der Waals surface area contributed by atoms with Crippen LogP contribution in [0.2, 0.25) is 0 Å². The second kappa shape index (κ2) is 4.23. The Balaban J connectivity index is 2.19. The molecule has 3 heteroatoms. The number of piperidine rings is 1. The van der Waals surface area contributed by atoms with E-state index in [-0.39, 0.29) is 0 Å². The van der Waals surface area contributed by atoms with Gasteiger partial charge >= 0.3 is 0 Å².